The van der Waals surface area contributed by atoms with Crippen molar-refractivity contribution in [3.05, 3.63) is 70.5 Å². The Labute approximate surface area is 170 Å². The molecule has 1 aliphatic rings. The Bertz CT molecular complexity index is 962. The summed E-state index contributed by atoms with van der Waals surface area (Å²) in [5.41, 5.74) is 2.97. The molecule has 1 aliphatic heterocycles. The maximum Gasteiger partial charge on any atom is 0.290 e. The summed E-state index contributed by atoms with van der Waals surface area (Å²) in [5.74, 6) is -0.0610. The lowest BCUT2D eigenvalue weighted by atomic mass is 9.96. The Morgan fingerprint density at radius 1 is 1.07 bits per heavy atom. The van der Waals surface area contributed by atoms with Crippen LogP contribution in [0, 0.1) is 6.92 Å². The first-order valence-electron chi connectivity index (χ1n) is 9.39. The number of carbonyl (C=O) groups is 2. The van der Waals surface area contributed by atoms with Crippen molar-refractivity contribution >= 4 is 11.7 Å². The first-order chi connectivity index (χ1) is 13.9. The first kappa shape index (κ1) is 20.5. The van der Waals surface area contributed by atoms with Crippen LogP contribution in [0.3, 0.4) is 0 Å². The fourth-order valence-electron chi connectivity index (χ4n) is 3.62. The molecule has 1 heterocycles. The summed E-state index contributed by atoms with van der Waals surface area (Å²) in [6.45, 7) is 3.68. The van der Waals surface area contributed by atoms with Crippen LogP contribution in [0.1, 0.15) is 29.7 Å². The molecule has 0 aliphatic carbocycles. The number of hydrogen-bond acceptors (Lipinski definition) is 5. The molecule has 0 saturated carbocycles. The van der Waals surface area contributed by atoms with Crippen LogP contribution in [-0.2, 0) is 16.0 Å². The number of aliphatic hydroxyl groups excluding tert-OH is 1. The summed E-state index contributed by atoms with van der Waals surface area (Å²) in [6.07, 6.45) is 0.535. The molecule has 29 heavy (non-hydrogen) atoms. The molecule has 152 valence electrons. The summed E-state index contributed by atoms with van der Waals surface area (Å²) >= 11 is 0. The van der Waals surface area contributed by atoms with E-state index in [1.807, 2.05) is 49.4 Å². The van der Waals surface area contributed by atoms with Gasteiger partial charge in [0.15, 0.2) is 23.0 Å². The molecule has 0 aromatic heterocycles. The van der Waals surface area contributed by atoms with E-state index >= 15 is 0 Å². The Morgan fingerprint density at radius 2 is 1.72 bits per heavy atom. The van der Waals surface area contributed by atoms with E-state index in [1.54, 1.807) is 19.1 Å². The fourth-order valence-corrected chi connectivity index (χ4v) is 3.62. The van der Waals surface area contributed by atoms with Gasteiger partial charge >= 0.3 is 0 Å². The third kappa shape index (κ3) is 3.97. The van der Waals surface area contributed by atoms with Gasteiger partial charge in [0, 0.05) is 6.54 Å². The second-order valence-corrected chi connectivity index (χ2v) is 7.07. The molecule has 3 rings (SSSR count). The molecule has 1 N–H and O–H groups in total. The molecule has 2 aromatic rings. The number of ketones is 1. The molecular weight excluding hydrogens is 370 g/mol. The highest BCUT2D eigenvalue weighted by atomic mass is 16.5. The largest absolute Gasteiger partial charge is 0.503 e. The number of aliphatic hydroxyl groups is 1. The van der Waals surface area contributed by atoms with Gasteiger partial charge in [-0.3, -0.25) is 9.59 Å². The lowest BCUT2D eigenvalue weighted by Crippen LogP contribution is -2.32. The maximum absolute atomic E-state index is 12.7. The van der Waals surface area contributed by atoms with Gasteiger partial charge in [-0.1, -0.05) is 35.9 Å². The molecule has 0 fully saturated rings. The number of nitrogens with zero attached hydrogens (tertiary/aromatic N) is 1. The van der Waals surface area contributed by atoms with E-state index in [9.17, 15) is 14.7 Å². The second kappa shape index (κ2) is 8.39. The molecule has 6 heteroatoms. The molecule has 1 atom stereocenters. The van der Waals surface area contributed by atoms with Crippen molar-refractivity contribution in [3.63, 3.8) is 0 Å². The predicted octanol–water partition coefficient (Wildman–Crippen LogP) is 3.54. The van der Waals surface area contributed by atoms with Crippen LogP contribution >= 0.6 is 0 Å². The zero-order chi connectivity index (χ0) is 21.1. The molecule has 0 radical (unpaired) electrons. The van der Waals surface area contributed by atoms with Crippen LogP contribution in [0.25, 0.3) is 0 Å². The lowest BCUT2D eigenvalue weighted by molar-refractivity contribution is -0.129. The minimum Gasteiger partial charge on any atom is -0.503 e. The molecule has 1 amide bonds. The van der Waals surface area contributed by atoms with Gasteiger partial charge in [-0.2, -0.15) is 0 Å². The Kier molecular flexibility index (Phi) is 5.92. The number of ether oxygens (including phenoxy) is 2. The number of methoxy groups -OCH3 is 2. The van der Waals surface area contributed by atoms with Crippen LogP contribution in [-0.4, -0.2) is 42.5 Å². The zero-order valence-corrected chi connectivity index (χ0v) is 17.1. The topological polar surface area (TPSA) is 76.1 Å². The van der Waals surface area contributed by atoms with E-state index in [4.69, 9.17) is 9.47 Å². The van der Waals surface area contributed by atoms with E-state index in [1.165, 1.54) is 6.92 Å². The van der Waals surface area contributed by atoms with Gasteiger partial charge in [-0.15, -0.1) is 0 Å². The minimum absolute atomic E-state index is 0.145. The number of hydrogen-bond donors (Lipinski definition) is 1. The van der Waals surface area contributed by atoms with Crippen molar-refractivity contribution in [1.29, 1.82) is 0 Å². The SMILES string of the molecule is COc1ccc(CCN2C(=O)C(O)=C(C(C)=O)C2c2ccc(C)cc2)cc1OC. The highest BCUT2D eigenvalue weighted by Crippen LogP contribution is 2.38. The van der Waals surface area contributed by atoms with Gasteiger partial charge in [-0.05, 0) is 43.5 Å². The summed E-state index contributed by atoms with van der Waals surface area (Å²) in [7, 11) is 3.14. The van der Waals surface area contributed by atoms with E-state index < -0.39 is 17.7 Å². The zero-order valence-electron chi connectivity index (χ0n) is 17.1. The summed E-state index contributed by atoms with van der Waals surface area (Å²) in [4.78, 5) is 26.5. The van der Waals surface area contributed by atoms with E-state index in [0.717, 1.165) is 16.7 Å². The van der Waals surface area contributed by atoms with Gasteiger partial charge in [0.25, 0.3) is 5.91 Å². The number of benzene rings is 2. The third-order valence-electron chi connectivity index (χ3n) is 5.17. The first-order valence-corrected chi connectivity index (χ1v) is 9.39. The highest BCUT2D eigenvalue weighted by molar-refractivity contribution is 6.08. The smallest absolute Gasteiger partial charge is 0.290 e. The molecule has 0 spiro atoms. The van der Waals surface area contributed by atoms with Gasteiger partial charge in [0.1, 0.15) is 0 Å². The molecule has 1 unspecified atom stereocenters. The van der Waals surface area contributed by atoms with E-state index in [2.05, 4.69) is 0 Å². The van der Waals surface area contributed by atoms with Crippen molar-refractivity contribution in [2.75, 3.05) is 20.8 Å². The molecule has 6 nitrogen and oxygen atoms in total. The average Bonchev–Trinajstić information content (AvgIpc) is 2.97. The van der Waals surface area contributed by atoms with Crippen LogP contribution in [0.2, 0.25) is 0 Å². The highest BCUT2D eigenvalue weighted by Gasteiger charge is 2.41. The van der Waals surface area contributed by atoms with Crippen molar-refractivity contribution in [3.8, 4) is 11.5 Å². The quantitative estimate of drug-likeness (QED) is 0.776. The molecule has 0 bridgehead atoms. The van der Waals surface area contributed by atoms with Crippen molar-refractivity contribution < 1.29 is 24.2 Å². The number of rotatable bonds is 7. The van der Waals surface area contributed by atoms with Crippen LogP contribution in [0.5, 0.6) is 11.5 Å². The Balaban J connectivity index is 1.89. The van der Waals surface area contributed by atoms with E-state index in [-0.39, 0.29) is 11.4 Å². The number of amides is 1. The lowest BCUT2D eigenvalue weighted by Gasteiger charge is -2.27. The van der Waals surface area contributed by atoms with Gasteiger partial charge in [-0.25, -0.2) is 0 Å². The maximum atomic E-state index is 12.7. The molecule has 0 saturated heterocycles. The number of carbonyl (C=O) groups excluding carboxylic acids is 2. The van der Waals surface area contributed by atoms with Gasteiger partial charge < -0.3 is 19.5 Å². The average molecular weight is 395 g/mol. The standard InChI is InChI=1S/C23H25NO5/c1-14-5-8-17(9-6-14)21-20(15(2)25)22(26)23(27)24(21)12-11-16-7-10-18(28-3)19(13-16)29-4/h5-10,13,21,26H,11-12H2,1-4H3. The summed E-state index contributed by atoms with van der Waals surface area (Å²) < 4.78 is 10.6. The van der Waals surface area contributed by atoms with Crippen molar-refractivity contribution in [1.82, 2.24) is 4.90 Å². The Hall–Kier alpha value is -3.28. The summed E-state index contributed by atoms with van der Waals surface area (Å²) in [5, 5.41) is 10.4. The third-order valence-corrected chi connectivity index (χ3v) is 5.17. The van der Waals surface area contributed by atoms with E-state index in [0.29, 0.717) is 24.5 Å². The fraction of sp³-hybridized carbons (Fsp3) is 0.304. The summed E-state index contributed by atoms with van der Waals surface area (Å²) in [6, 6.07) is 12.6. The predicted molar refractivity (Wildman–Crippen MR) is 109 cm³/mol. The number of Topliss-reactive ketones (excluding diaryl/α,β-unsaturated/α-hetero) is 1. The normalized spacial score (nSPS) is 16.3. The minimum atomic E-state index is -0.597. The van der Waals surface area contributed by atoms with Crippen molar-refractivity contribution in [2.24, 2.45) is 0 Å². The van der Waals surface area contributed by atoms with Crippen LogP contribution in [0.15, 0.2) is 53.8 Å². The van der Waals surface area contributed by atoms with Crippen molar-refractivity contribution in [2.45, 2.75) is 26.3 Å². The van der Waals surface area contributed by atoms with Crippen LogP contribution < -0.4 is 9.47 Å². The Morgan fingerprint density at radius 3 is 2.31 bits per heavy atom. The monoisotopic (exact) mass is 395 g/mol. The van der Waals surface area contributed by atoms with Gasteiger partial charge in [0.05, 0.1) is 25.8 Å². The van der Waals surface area contributed by atoms with Crippen LogP contribution in [0.4, 0.5) is 0 Å². The van der Waals surface area contributed by atoms with Gasteiger partial charge in [0.2, 0.25) is 0 Å². The second-order valence-electron chi connectivity index (χ2n) is 7.07. The number of aryl methyl sites for hydroxylation is 1. The molecule has 2 aromatic carbocycles. The molecular formula is C23H25NO5.